The highest BCUT2D eigenvalue weighted by atomic mass is 16.5. The minimum absolute atomic E-state index is 0.0267. The Morgan fingerprint density at radius 2 is 2.00 bits per heavy atom. The predicted molar refractivity (Wildman–Crippen MR) is 134 cm³/mol. The van der Waals surface area contributed by atoms with E-state index in [0.29, 0.717) is 42.4 Å². The number of pyridine rings is 1. The molecule has 1 aliphatic rings. The van der Waals surface area contributed by atoms with Crippen molar-refractivity contribution in [3.8, 4) is 5.75 Å². The monoisotopic (exact) mass is 474 g/mol. The van der Waals surface area contributed by atoms with E-state index >= 15 is 0 Å². The lowest BCUT2D eigenvalue weighted by Crippen LogP contribution is -2.35. The Bertz CT molecular complexity index is 1340. The van der Waals surface area contributed by atoms with E-state index in [1.165, 1.54) is 4.90 Å². The number of aliphatic hydroxyl groups excluding tert-OH is 1. The Kier molecular flexibility index (Phi) is 6.75. The van der Waals surface area contributed by atoms with Gasteiger partial charge in [-0.05, 0) is 57.3 Å². The smallest absolute Gasteiger partial charge is 0.295 e. The zero-order valence-corrected chi connectivity index (χ0v) is 20.5. The van der Waals surface area contributed by atoms with E-state index in [1.54, 1.807) is 24.3 Å². The van der Waals surface area contributed by atoms with Gasteiger partial charge in [0.1, 0.15) is 23.7 Å². The van der Waals surface area contributed by atoms with Crippen LogP contribution in [0.2, 0.25) is 0 Å². The van der Waals surface area contributed by atoms with Gasteiger partial charge in [0.05, 0.1) is 17.3 Å². The SMILES string of the molecule is C=CCOc1cccc(C2/C(=C(\O)c3nc4c(C)cccn4c3C)C(=O)C(=O)N2CCN(C)C)c1. The van der Waals surface area contributed by atoms with Crippen molar-refractivity contribution in [3.63, 3.8) is 0 Å². The highest BCUT2D eigenvalue weighted by Gasteiger charge is 2.46. The summed E-state index contributed by atoms with van der Waals surface area (Å²) in [5.74, 6) is -1.07. The minimum Gasteiger partial charge on any atom is -0.505 e. The van der Waals surface area contributed by atoms with Crippen molar-refractivity contribution in [3.05, 3.63) is 83.3 Å². The van der Waals surface area contributed by atoms with Crippen LogP contribution in [0.4, 0.5) is 0 Å². The molecule has 3 heterocycles. The number of likely N-dealkylation sites (N-methyl/N-ethyl adjacent to an activating group) is 1. The number of Topliss-reactive ketones (excluding diaryl/α,β-unsaturated/α-hetero) is 1. The number of aromatic nitrogens is 2. The lowest BCUT2D eigenvalue weighted by atomic mass is 9.96. The Morgan fingerprint density at radius 3 is 2.69 bits per heavy atom. The van der Waals surface area contributed by atoms with Crippen LogP contribution in [0.3, 0.4) is 0 Å². The van der Waals surface area contributed by atoms with Gasteiger partial charge in [-0.25, -0.2) is 4.98 Å². The van der Waals surface area contributed by atoms with Crippen molar-refractivity contribution in [2.75, 3.05) is 33.8 Å². The number of nitrogens with zero attached hydrogens (tertiary/aromatic N) is 4. The molecule has 1 amide bonds. The van der Waals surface area contributed by atoms with Gasteiger partial charge < -0.3 is 24.0 Å². The first-order valence-electron chi connectivity index (χ1n) is 11.5. The largest absolute Gasteiger partial charge is 0.505 e. The van der Waals surface area contributed by atoms with Crippen molar-refractivity contribution in [2.24, 2.45) is 0 Å². The van der Waals surface area contributed by atoms with Gasteiger partial charge in [0.15, 0.2) is 5.76 Å². The highest BCUT2D eigenvalue weighted by Crippen LogP contribution is 2.40. The van der Waals surface area contributed by atoms with Gasteiger partial charge in [-0.1, -0.05) is 30.9 Å². The van der Waals surface area contributed by atoms with Gasteiger partial charge in [-0.2, -0.15) is 0 Å². The van der Waals surface area contributed by atoms with E-state index < -0.39 is 17.7 Å². The number of hydrogen-bond acceptors (Lipinski definition) is 6. The molecule has 0 aliphatic carbocycles. The molecular weight excluding hydrogens is 444 g/mol. The van der Waals surface area contributed by atoms with Crippen LogP contribution in [0.25, 0.3) is 11.4 Å². The molecule has 0 radical (unpaired) electrons. The van der Waals surface area contributed by atoms with Gasteiger partial charge in [0, 0.05) is 19.3 Å². The summed E-state index contributed by atoms with van der Waals surface area (Å²) in [6.07, 6.45) is 3.50. The third-order valence-corrected chi connectivity index (χ3v) is 6.18. The fraction of sp³-hybridized carbons (Fsp3) is 0.296. The number of fused-ring (bicyclic) bond motifs is 1. The summed E-state index contributed by atoms with van der Waals surface area (Å²) in [6, 6.07) is 10.3. The minimum atomic E-state index is -0.771. The number of ether oxygens (including phenoxy) is 1. The Hall–Kier alpha value is -3.91. The van der Waals surface area contributed by atoms with E-state index in [0.717, 1.165) is 5.56 Å². The second-order valence-electron chi connectivity index (χ2n) is 8.90. The predicted octanol–water partition coefficient (Wildman–Crippen LogP) is 3.50. The molecule has 0 bridgehead atoms. The van der Waals surface area contributed by atoms with E-state index in [4.69, 9.17) is 4.74 Å². The number of aliphatic hydroxyl groups is 1. The summed E-state index contributed by atoms with van der Waals surface area (Å²) in [6.45, 7) is 8.63. The third kappa shape index (κ3) is 4.44. The highest BCUT2D eigenvalue weighted by molar-refractivity contribution is 6.46. The molecule has 8 nitrogen and oxygen atoms in total. The zero-order chi connectivity index (χ0) is 25.3. The first kappa shape index (κ1) is 24.2. The van der Waals surface area contributed by atoms with Crippen molar-refractivity contribution in [1.29, 1.82) is 0 Å². The summed E-state index contributed by atoms with van der Waals surface area (Å²) in [5, 5.41) is 11.5. The van der Waals surface area contributed by atoms with Crippen LogP contribution in [0.5, 0.6) is 5.75 Å². The summed E-state index contributed by atoms with van der Waals surface area (Å²) < 4.78 is 7.55. The Balaban J connectivity index is 1.89. The maximum absolute atomic E-state index is 13.3. The van der Waals surface area contributed by atoms with Crippen LogP contribution >= 0.6 is 0 Å². The fourth-order valence-electron chi connectivity index (χ4n) is 4.37. The topological polar surface area (TPSA) is 87.4 Å². The van der Waals surface area contributed by atoms with Crippen LogP contribution < -0.4 is 4.74 Å². The molecule has 8 heteroatoms. The average molecular weight is 475 g/mol. The molecule has 1 aromatic carbocycles. The molecule has 2 aromatic heterocycles. The molecule has 1 aliphatic heterocycles. The van der Waals surface area contributed by atoms with Crippen LogP contribution in [-0.2, 0) is 9.59 Å². The number of aryl methyl sites for hydroxylation is 2. The van der Waals surface area contributed by atoms with E-state index in [-0.39, 0.29) is 17.0 Å². The first-order valence-corrected chi connectivity index (χ1v) is 11.5. The average Bonchev–Trinajstić information content (AvgIpc) is 3.31. The van der Waals surface area contributed by atoms with Crippen LogP contribution in [0.1, 0.15) is 28.6 Å². The molecule has 1 fully saturated rings. The first-order chi connectivity index (χ1) is 16.7. The molecule has 1 saturated heterocycles. The van der Waals surface area contributed by atoms with Gasteiger partial charge in [0.25, 0.3) is 11.7 Å². The second-order valence-corrected chi connectivity index (χ2v) is 8.90. The number of hydrogen-bond donors (Lipinski definition) is 1. The molecule has 1 atom stereocenters. The Labute approximate surface area is 204 Å². The van der Waals surface area contributed by atoms with Crippen molar-refractivity contribution in [2.45, 2.75) is 19.9 Å². The number of likely N-dealkylation sites (tertiary alicyclic amines) is 1. The number of imidazole rings is 1. The summed E-state index contributed by atoms with van der Waals surface area (Å²) in [7, 11) is 3.80. The van der Waals surface area contributed by atoms with E-state index in [2.05, 4.69) is 11.6 Å². The number of amides is 1. The summed E-state index contributed by atoms with van der Waals surface area (Å²) in [5.41, 5.74) is 3.29. The molecule has 1 N–H and O–H groups in total. The summed E-state index contributed by atoms with van der Waals surface area (Å²) in [4.78, 5) is 34.5. The van der Waals surface area contributed by atoms with Crippen molar-refractivity contribution >= 4 is 23.1 Å². The second kappa shape index (κ2) is 9.76. The van der Waals surface area contributed by atoms with Crippen LogP contribution in [0.15, 0.2) is 60.8 Å². The maximum atomic E-state index is 13.3. The zero-order valence-electron chi connectivity index (χ0n) is 20.5. The van der Waals surface area contributed by atoms with Gasteiger partial charge in [-0.3, -0.25) is 9.59 Å². The molecular formula is C27H30N4O4. The number of rotatable bonds is 8. The van der Waals surface area contributed by atoms with Gasteiger partial charge in [-0.15, -0.1) is 0 Å². The van der Waals surface area contributed by atoms with Crippen molar-refractivity contribution < 1.29 is 19.4 Å². The molecule has 3 aromatic rings. The molecule has 4 rings (SSSR count). The number of benzene rings is 1. The molecule has 1 unspecified atom stereocenters. The lowest BCUT2D eigenvalue weighted by Gasteiger charge is -2.26. The molecule has 0 saturated carbocycles. The van der Waals surface area contributed by atoms with Crippen LogP contribution in [0, 0.1) is 13.8 Å². The normalized spacial score (nSPS) is 17.5. The lowest BCUT2D eigenvalue weighted by molar-refractivity contribution is -0.140. The quantitative estimate of drug-likeness (QED) is 0.233. The summed E-state index contributed by atoms with van der Waals surface area (Å²) >= 11 is 0. The number of carbonyl (C=O) groups is 2. The number of carbonyl (C=O) groups excluding carboxylic acids is 2. The number of ketones is 1. The molecule has 0 spiro atoms. The van der Waals surface area contributed by atoms with Crippen LogP contribution in [-0.4, -0.2) is 69.8 Å². The molecule has 182 valence electrons. The van der Waals surface area contributed by atoms with E-state index in [9.17, 15) is 14.7 Å². The standard InChI is InChI=1S/C27H30N4O4/c1-6-15-35-20-11-7-10-19(16-20)23-21(25(33)27(34)31(23)14-13-29(4)5)24(32)22-18(3)30-12-8-9-17(2)26(30)28-22/h6-12,16,23,32H,1,13-15H2,2-5H3/b24-21+. The Morgan fingerprint density at radius 1 is 1.23 bits per heavy atom. The van der Waals surface area contributed by atoms with Crippen molar-refractivity contribution in [1.82, 2.24) is 19.2 Å². The third-order valence-electron chi connectivity index (χ3n) is 6.18. The van der Waals surface area contributed by atoms with E-state index in [1.807, 2.05) is 61.6 Å². The fourth-order valence-corrected chi connectivity index (χ4v) is 4.37. The maximum Gasteiger partial charge on any atom is 0.295 e. The van der Waals surface area contributed by atoms with Gasteiger partial charge >= 0.3 is 0 Å². The molecule has 35 heavy (non-hydrogen) atoms. The van der Waals surface area contributed by atoms with Gasteiger partial charge in [0.2, 0.25) is 0 Å².